The first kappa shape index (κ1) is 14.4. The minimum Gasteiger partial charge on any atom is -0.380 e. The number of nitrogens with zero attached hydrogens (tertiary/aromatic N) is 2. The van der Waals surface area contributed by atoms with Crippen molar-refractivity contribution in [1.29, 1.82) is 0 Å². The van der Waals surface area contributed by atoms with Gasteiger partial charge in [-0.25, -0.2) is 4.98 Å². The van der Waals surface area contributed by atoms with E-state index in [4.69, 9.17) is 21.3 Å². The van der Waals surface area contributed by atoms with E-state index < -0.39 is 0 Å². The minimum absolute atomic E-state index is 0.00227. The number of halogens is 1. The van der Waals surface area contributed by atoms with Crippen molar-refractivity contribution in [3.8, 4) is 0 Å². The molecule has 1 aromatic heterocycles. The largest absolute Gasteiger partial charge is 0.380 e. The maximum Gasteiger partial charge on any atom is 0.115 e. The van der Waals surface area contributed by atoms with Crippen LogP contribution in [-0.4, -0.2) is 22.8 Å². The smallest absolute Gasteiger partial charge is 0.115 e. The molecule has 1 aromatic carbocycles. The van der Waals surface area contributed by atoms with E-state index in [-0.39, 0.29) is 5.41 Å². The summed E-state index contributed by atoms with van der Waals surface area (Å²) < 4.78 is 7.71. The summed E-state index contributed by atoms with van der Waals surface area (Å²) in [6, 6.07) is 5.87. The van der Waals surface area contributed by atoms with Crippen molar-refractivity contribution in [3.63, 3.8) is 0 Å². The average Bonchev–Trinajstić information content (AvgIpc) is 2.67. The van der Waals surface area contributed by atoms with Crippen LogP contribution in [0.2, 0.25) is 5.02 Å². The lowest BCUT2D eigenvalue weighted by molar-refractivity contribution is 0.138. The van der Waals surface area contributed by atoms with Gasteiger partial charge < -0.3 is 9.30 Å². The molecule has 0 N–H and O–H groups in total. The topological polar surface area (TPSA) is 27.1 Å². The van der Waals surface area contributed by atoms with Crippen LogP contribution in [0.4, 0.5) is 0 Å². The van der Waals surface area contributed by atoms with Gasteiger partial charge in [0.25, 0.3) is 0 Å². The van der Waals surface area contributed by atoms with Crippen molar-refractivity contribution in [2.24, 2.45) is 0 Å². The predicted octanol–water partition coefficient (Wildman–Crippen LogP) is 4.02. The molecule has 0 aliphatic heterocycles. The van der Waals surface area contributed by atoms with Gasteiger partial charge in [-0.15, -0.1) is 0 Å². The lowest BCUT2D eigenvalue weighted by Gasteiger charge is -2.20. The number of ether oxygens (including phenoxy) is 1. The van der Waals surface area contributed by atoms with Crippen LogP contribution in [0.15, 0.2) is 18.2 Å². The molecule has 0 saturated carbocycles. The van der Waals surface area contributed by atoms with Crippen molar-refractivity contribution in [2.75, 3.05) is 13.2 Å². The summed E-state index contributed by atoms with van der Waals surface area (Å²) in [5.41, 5.74) is 2.07. The van der Waals surface area contributed by atoms with Gasteiger partial charge in [0.05, 0.1) is 17.6 Å². The summed E-state index contributed by atoms with van der Waals surface area (Å²) in [6.07, 6.45) is 0. The van der Waals surface area contributed by atoms with Gasteiger partial charge in [-0.05, 0) is 25.1 Å². The number of aromatic nitrogens is 2. The Hall–Kier alpha value is -1.06. The fourth-order valence-electron chi connectivity index (χ4n) is 2.20. The molecule has 0 spiro atoms. The number of rotatable bonds is 4. The molecule has 0 saturated heterocycles. The molecular formula is C15H21ClN2O. The number of hydrogen-bond donors (Lipinski definition) is 0. The fraction of sp³-hybridized carbons (Fsp3) is 0.533. The van der Waals surface area contributed by atoms with Crippen LogP contribution >= 0.6 is 11.6 Å². The number of fused-ring (bicyclic) bond motifs is 1. The third-order valence-corrected chi connectivity index (χ3v) is 3.28. The lowest BCUT2D eigenvalue weighted by Crippen LogP contribution is -2.20. The van der Waals surface area contributed by atoms with E-state index in [1.807, 2.05) is 25.1 Å². The van der Waals surface area contributed by atoms with E-state index in [0.29, 0.717) is 6.61 Å². The highest BCUT2D eigenvalue weighted by molar-refractivity contribution is 6.31. The highest BCUT2D eigenvalue weighted by Gasteiger charge is 2.22. The lowest BCUT2D eigenvalue weighted by atomic mass is 9.95. The van der Waals surface area contributed by atoms with Gasteiger partial charge in [0.15, 0.2) is 0 Å². The second-order valence-corrected chi connectivity index (χ2v) is 6.10. The van der Waals surface area contributed by atoms with Gasteiger partial charge in [-0.2, -0.15) is 0 Å². The van der Waals surface area contributed by atoms with Crippen LogP contribution in [0, 0.1) is 0 Å². The first-order chi connectivity index (χ1) is 8.93. The fourth-order valence-corrected chi connectivity index (χ4v) is 2.37. The van der Waals surface area contributed by atoms with Crippen molar-refractivity contribution in [2.45, 2.75) is 39.7 Å². The molecule has 2 aromatic rings. The SMILES string of the molecule is CCOCCn1c(C(C)(C)C)nc2cc(Cl)ccc21. The summed E-state index contributed by atoms with van der Waals surface area (Å²) in [5, 5.41) is 0.724. The molecule has 0 aliphatic carbocycles. The van der Waals surface area contributed by atoms with Crippen molar-refractivity contribution < 1.29 is 4.74 Å². The molecule has 104 valence electrons. The van der Waals surface area contributed by atoms with Gasteiger partial charge in [-0.3, -0.25) is 0 Å². The van der Waals surface area contributed by atoms with Crippen molar-refractivity contribution in [1.82, 2.24) is 9.55 Å². The van der Waals surface area contributed by atoms with Crippen LogP contribution in [0.1, 0.15) is 33.5 Å². The van der Waals surface area contributed by atoms with Crippen molar-refractivity contribution in [3.05, 3.63) is 29.0 Å². The Balaban J connectivity index is 2.49. The van der Waals surface area contributed by atoms with E-state index in [1.54, 1.807) is 0 Å². The standard InChI is InChI=1S/C15H21ClN2O/c1-5-19-9-8-18-13-7-6-11(16)10-12(13)17-14(18)15(2,3)4/h6-7,10H,5,8-9H2,1-4H3. The van der Waals surface area contributed by atoms with Crippen LogP contribution in [0.25, 0.3) is 11.0 Å². The zero-order valence-electron chi connectivity index (χ0n) is 12.0. The molecule has 4 heteroatoms. The molecular weight excluding hydrogens is 260 g/mol. The van der Waals surface area contributed by atoms with Crippen LogP contribution < -0.4 is 0 Å². The van der Waals surface area contributed by atoms with E-state index in [9.17, 15) is 0 Å². The average molecular weight is 281 g/mol. The molecule has 0 unspecified atom stereocenters. The third-order valence-electron chi connectivity index (χ3n) is 3.04. The van der Waals surface area contributed by atoms with Gasteiger partial charge >= 0.3 is 0 Å². The normalized spacial score (nSPS) is 12.3. The van der Waals surface area contributed by atoms with Gasteiger partial charge in [-0.1, -0.05) is 32.4 Å². The Kier molecular flexibility index (Phi) is 4.16. The number of imidazole rings is 1. The maximum atomic E-state index is 6.05. The van der Waals surface area contributed by atoms with Crippen molar-refractivity contribution >= 4 is 22.6 Å². The molecule has 0 radical (unpaired) electrons. The highest BCUT2D eigenvalue weighted by atomic mass is 35.5. The Bertz CT molecular complexity index is 569. The van der Waals surface area contributed by atoms with Crippen LogP contribution in [-0.2, 0) is 16.7 Å². The van der Waals surface area contributed by atoms with Crippen LogP contribution in [0.3, 0.4) is 0 Å². The molecule has 1 heterocycles. The van der Waals surface area contributed by atoms with E-state index in [2.05, 4.69) is 25.3 Å². The first-order valence-corrected chi connectivity index (χ1v) is 7.05. The maximum absolute atomic E-state index is 6.05. The van der Waals surface area contributed by atoms with E-state index in [1.165, 1.54) is 0 Å². The molecule has 0 aliphatic rings. The molecule has 3 nitrogen and oxygen atoms in total. The summed E-state index contributed by atoms with van der Waals surface area (Å²) in [4.78, 5) is 4.75. The molecule has 0 atom stereocenters. The molecule has 0 amide bonds. The molecule has 0 fully saturated rings. The summed E-state index contributed by atoms with van der Waals surface area (Å²) in [5.74, 6) is 1.07. The Morgan fingerprint density at radius 3 is 2.68 bits per heavy atom. The van der Waals surface area contributed by atoms with Gasteiger partial charge in [0.2, 0.25) is 0 Å². The van der Waals surface area contributed by atoms with Gasteiger partial charge in [0, 0.05) is 23.6 Å². The monoisotopic (exact) mass is 280 g/mol. The second-order valence-electron chi connectivity index (χ2n) is 5.67. The summed E-state index contributed by atoms with van der Waals surface area (Å²) in [6.45, 7) is 10.8. The zero-order chi connectivity index (χ0) is 14.0. The van der Waals surface area contributed by atoms with E-state index >= 15 is 0 Å². The zero-order valence-corrected chi connectivity index (χ0v) is 12.8. The van der Waals surface area contributed by atoms with Gasteiger partial charge in [0.1, 0.15) is 5.82 Å². The van der Waals surface area contributed by atoms with Crippen LogP contribution in [0.5, 0.6) is 0 Å². The summed E-state index contributed by atoms with van der Waals surface area (Å²) in [7, 11) is 0. The summed E-state index contributed by atoms with van der Waals surface area (Å²) >= 11 is 6.05. The molecule has 19 heavy (non-hydrogen) atoms. The number of hydrogen-bond acceptors (Lipinski definition) is 2. The second kappa shape index (κ2) is 5.51. The Labute approximate surface area is 119 Å². The highest BCUT2D eigenvalue weighted by Crippen LogP contribution is 2.27. The first-order valence-electron chi connectivity index (χ1n) is 6.67. The molecule has 0 bridgehead atoms. The third kappa shape index (κ3) is 3.10. The Morgan fingerprint density at radius 2 is 2.05 bits per heavy atom. The predicted molar refractivity (Wildman–Crippen MR) is 79.9 cm³/mol. The molecule has 2 rings (SSSR count). The number of benzene rings is 1. The quantitative estimate of drug-likeness (QED) is 0.791. The Morgan fingerprint density at radius 1 is 1.32 bits per heavy atom. The minimum atomic E-state index is -0.00227. The van der Waals surface area contributed by atoms with E-state index in [0.717, 1.165) is 35.0 Å².